The Hall–Kier alpha value is -4.31. The molecule has 1 saturated heterocycles. The molecule has 0 aliphatic carbocycles. The van der Waals surface area contributed by atoms with Crippen molar-refractivity contribution in [3.8, 4) is 17.5 Å². The zero-order valence-electron chi connectivity index (χ0n) is 18.0. The number of alkyl halides is 3. The average Bonchev–Trinajstić information content (AvgIpc) is 3.38. The van der Waals surface area contributed by atoms with Crippen molar-refractivity contribution >= 4 is 11.8 Å². The number of amides is 2. The number of carbonyl (C=O) groups is 2. The van der Waals surface area contributed by atoms with Crippen molar-refractivity contribution in [2.24, 2.45) is 0 Å². The van der Waals surface area contributed by atoms with E-state index in [0.717, 1.165) is 6.20 Å². The molecule has 1 aromatic carbocycles. The summed E-state index contributed by atoms with van der Waals surface area (Å²) in [6.45, 7) is 0.929. The summed E-state index contributed by atoms with van der Waals surface area (Å²) >= 11 is 0. The van der Waals surface area contributed by atoms with Gasteiger partial charge in [-0.15, -0.1) is 0 Å². The summed E-state index contributed by atoms with van der Waals surface area (Å²) in [6, 6.07) is 10.5. The van der Waals surface area contributed by atoms with Crippen LogP contribution in [0.15, 0.2) is 47.1 Å². The van der Waals surface area contributed by atoms with Crippen molar-refractivity contribution in [2.45, 2.75) is 12.2 Å². The minimum absolute atomic E-state index is 0.00427. The first-order chi connectivity index (χ1) is 16.8. The Morgan fingerprint density at radius 1 is 1.26 bits per heavy atom. The Bertz CT molecular complexity index is 1270. The summed E-state index contributed by atoms with van der Waals surface area (Å²) in [5.74, 6) is -2.64. The maximum Gasteiger partial charge on any atom is 0.471 e. The van der Waals surface area contributed by atoms with Crippen LogP contribution in [0.5, 0.6) is 0 Å². The highest BCUT2D eigenvalue weighted by molar-refractivity contribution is 5.95. The van der Waals surface area contributed by atoms with Crippen molar-refractivity contribution in [3.05, 3.63) is 65.3 Å². The monoisotopic (exact) mass is 486 g/mol. The quantitative estimate of drug-likeness (QED) is 0.581. The highest BCUT2D eigenvalue weighted by Crippen LogP contribution is 2.29. The first-order valence-corrected chi connectivity index (χ1v) is 10.3. The molecule has 0 bridgehead atoms. The highest BCUT2D eigenvalue weighted by atomic mass is 19.4. The molecule has 180 valence electrons. The number of halogens is 3. The number of hydrogen-bond donors (Lipinski definition) is 1. The Kier molecular flexibility index (Phi) is 6.74. The fourth-order valence-electron chi connectivity index (χ4n) is 3.40. The van der Waals surface area contributed by atoms with Crippen LogP contribution in [0.1, 0.15) is 32.3 Å². The normalized spacial score (nSPS) is 15.9. The van der Waals surface area contributed by atoms with E-state index in [1.54, 1.807) is 23.1 Å². The molecule has 0 spiro atoms. The van der Waals surface area contributed by atoms with Crippen LogP contribution in [-0.2, 0) is 10.9 Å². The fourth-order valence-corrected chi connectivity index (χ4v) is 3.40. The third-order valence-corrected chi connectivity index (χ3v) is 5.15. The summed E-state index contributed by atoms with van der Waals surface area (Å²) in [5, 5.41) is 15.0. The van der Waals surface area contributed by atoms with Gasteiger partial charge in [-0.3, -0.25) is 14.6 Å². The lowest BCUT2D eigenvalue weighted by Crippen LogP contribution is -2.53. The SMILES string of the molecule is N#Cc1cccc(C(=O)N2CCOC[C@@H]2CNC(=O)c2ccc(-c3noc(C(F)(F)F)n3)cn2)c1. The number of rotatable bonds is 5. The zero-order valence-corrected chi connectivity index (χ0v) is 18.0. The van der Waals surface area contributed by atoms with Gasteiger partial charge in [0.2, 0.25) is 5.82 Å². The maximum atomic E-state index is 13.0. The van der Waals surface area contributed by atoms with E-state index in [2.05, 4.69) is 25.0 Å². The van der Waals surface area contributed by atoms with Crippen LogP contribution in [-0.4, -0.2) is 64.2 Å². The third-order valence-electron chi connectivity index (χ3n) is 5.15. The topological polar surface area (TPSA) is 134 Å². The van der Waals surface area contributed by atoms with Gasteiger partial charge in [-0.05, 0) is 30.3 Å². The second-order valence-electron chi connectivity index (χ2n) is 7.48. The summed E-state index contributed by atoms with van der Waals surface area (Å²) in [4.78, 5) is 34.3. The first kappa shape index (κ1) is 23.8. The van der Waals surface area contributed by atoms with Gasteiger partial charge in [-0.2, -0.15) is 23.4 Å². The van der Waals surface area contributed by atoms with Gasteiger partial charge in [0.1, 0.15) is 5.69 Å². The smallest absolute Gasteiger partial charge is 0.377 e. The van der Waals surface area contributed by atoms with Crippen molar-refractivity contribution in [1.29, 1.82) is 5.26 Å². The Morgan fingerprint density at radius 2 is 2.09 bits per heavy atom. The van der Waals surface area contributed by atoms with Crippen molar-refractivity contribution in [1.82, 2.24) is 25.3 Å². The van der Waals surface area contributed by atoms with Crippen LogP contribution in [0.2, 0.25) is 0 Å². The molecule has 35 heavy (non-hydrogen) atoms. The molecule has 13 heteroatoms. The summed E-state index contributed by atoms with van der Waals surface area (Å²) in [5.41, 5.74) is 0.857. The molecule has 10 nitrogen and oxygen atoms in total. The molecule has 0 radical (unpaired) electrons. The van der Waals surface area contributed by atoms with E-state index in [1.165, 1.54) is 18.2 Å². The number of aromatic nitrogens is 3. The van der Waals surface area contributed by atoms with Gasteiger partial charge >= 0.3 is 12.1 Å². The molecule has 2 amide bonds. The molecule has 1 atom stereocenters. The summed E-state index contributed by atoms with van der Waals surface area (Å²) in [6.07, 6.45) is -3.61. The molecule has 2 aromatic heterocycles. The number of nitrogens with one attached hydrogen (secondary N) is 1. The van der Waals surface area contributed by atoms with Gasteiger partial charge in [-0.1, -0.05) is 11.2 Å². The lowest BCUT2D eigenvalue weighted by molar-refractivity contribution is -0.159. The minimum Gasteiger partial charge on any atom is -0.377 e. The predicted octanol–water partition coefficient (Wildman–Crippen LogP) is 2.29. The van der Waals surface area contributed by atoms with Crippen molar-refractivity contribution in [3.63, 3.8) is 0 Å². The van der Waals surface area contributed by atoms with Crippen LogP contribution < -0.4 is 5.32 Å². The lowest BCUT2D eigenvalue weighted by atomic mass is 10.1. The van der Waals surface area contributed by atoms with Crippen LogP contribution in [0.4, 0.5) is 13.2 Å². The molecule has 3 heterocycles. The molecule has 0 unspecified atom stereocenters. The van der Waals surface area contributed by atoms with Gasteiger partial charge in [0, 0.05) is 30.4 Å². The van der Waals surface area contributed by atoms with Gasteiger partial charge in [0.05, 0.1) is 30.9 Å². The molecule has 1 N–H and O–H groups in total. The number of pyridine rings is 1. The van der Waals surface area contributed by atoms with E-state index in [-0.39, 0.29) is 36.1 Å². The number of nitrogens with zero attached hydrogens (tertiary/aromatic N) is 5. The van der Waals surface area contributed by atoms with Gasteiger partial charge in [0.15, 0.2) is 0 Å². The van der Waals surface area contributed by atoms with Crippen molar-refractivity contribution < 1.29 is 32.0 Å². The number of hydrogen-bond acceptors (Lipinski definition) is 8. The van der Waals surface area contributed by atoms with Gasteiger partial charge < -0.3 is 19.5 Å². The standard InChI is InChI=1S/C22H17F3N6O4/c23-22(24,25)21-29-18(30-35-21)15-4-5-17(27-10-15)19(32)28-11-16-12-34-7-6-31(16)20(33)14-3-1-2-13(8-14)9-26/h1-5,8,10,16H,6-7,11-12H2,(H,28,32)/t16-/m0/s1. The molecule has 1 aliphatic heterocycles. The summed E-state index contributed by atoms with van der Waals surface area (Å²) in [7, 11) is 0. The molecular weight excluding hydrogens is 469 g/mol. The highest BCUT2D eigenvalue weighted by Gasteiger charge is 2.38. The number of carbonyl (C=O) groups excluding carboxylic acids is 2. The number of ether oxygens (including phenoxy) is 1. The molecule has 1 aliphatic rings. The Balaban J connectivity index is 1.40. The third kappa shape index (κ3) is 5.44. The van der Waals surface area contributed by atoms with Gasteiger partial charge in [-0.25, -0.2) is 0 Å². The lowest BCUT2D eigenvalue weighted by Gasteiger charge is -2.35. The molecular formula is C22H17F3N6O4. The number of benzene rings is 1. The van der Waals surface area contributed by atoms with Crippen molar-refractivity contribution in [2.75, 3.05) is 26.3 Å². The van der Waals surface area contributed by atoms with Crippen LogP contribution in [0.3, 0.4) is 0 Å². The second-order valence-corrected chi connectivity index (χ2v) is 7.48. The molecule has 4 rings (SSSR count). The second kappa shape index (κ2) is 9.90. The Morgan fingerprint density at radius 3 is 2.77 bits per heavy atom. The van der Waals surface area contributed by atoms with E-state index in [4.69, 9.17) is 10.00 Å². The molecule has 3 aromatic rings. The molecule has 1 fully saturated rings. The van der Waals surface area contributed by atoms with E-state index in [0.29, 0.717) is 24.3 Å². The largest absolute Gasteiger partial charge is 0.471 e. The number of nitriles is 1. The minimum atomic E-state index is -4.77. The van der Waals surface area contributed by atoms with E-state index in [9.17, 15) is 22.8 Å². The molecule has 0 saturated carbocycles. The van der Waals surface area contributed by atoms with Crippen LogP contribution >= 0.6 is 0 Å². The van der Waals surface area contributed by atoms with E-state index >= 15 is 0 Å². The maximum absolute atomic E-state index is 13.0. The Labute approximate surface area is 196 Å². The number of morpholine rings is 1. The first-order valence-electron chi connectivity index (χ1n) is 10.3. The van der Waals surface area contributed by atoms with Gasteiger partial charge in [0.25, 0.3) is 11.8 Å². The zero-order chi connectivity index (χ0) is 25.0. The summed E-state index contributed by atoms with van der Waals surface area (Å²) < 4.78 is 47.5. The van der Waals surface area contributed by atoms with Crippen LogP contribution in [0, 0.1) is 11.3 Å². The average molecular weight is 486 g/mol. The van der Waals surface area contributed by atoms with E-state index < -0.39 is 24.0 Å². The fraction of sp³-hybridized carbons (Fsp3) is 0.273. The van der Waals surface area contributed by atoms with E-state index in [1.807, 2.05) is 6.07 Å². The predicted molar refractivity (Wildman–Crippen MR) is 112 cm³/mol. The van der Waals surface area contributed by atoms with Crippen LogP contribution in [0.25, 0.3) is 11.4 Å².